The first-order chi connectivity index (χ1) is 9.58. The highest BCUT2D eigenvalue weighted by atomic mass is 16.5. The zero-order chi connectivity index (χ0) is 15.0. The Bertz CT molecular complexity index is 438. The lowest BCUT2D eigenvalue weighted by atomic mass is 10.2. The maximum absolute atomic E-state index is 11.8. The van der Waals surface area contributed by atoms with E-state index in [-0.39, 0.29) is 12.5 Å². The molecular weight excluding hydrogens is 258 g/mol. The number of amides is 1. The Morgan fingerprint density at radius 3 is 2.90 bits per heavy atom. The molecule has 0 saturated carbocycles. The predicted octanol–water partition coefficient (Wildman–Crippen LogP) is 0.769. The van der Waals surface area contributed by atoms with E-state index in [1.165, 1.54) is 0 Å². The lowest BCUT2D eigenvalue weighted by Gasteiger charge is -2.16. The van der Waals surface area contributed by atoms with Gasteiger partial charge in [-0.05, 0) is 32.4 Å². The van der Waals surface area contributed by atoms with Crippen LogP contribution in [0.25, 0.3) is 0 Å². The van der Waals surface area contributed by atoms with Gasteiger partial charge in [0.15, 0.2) is 6.10 Å². The van der Waals surface area contributed by atoms with E-state index >= 15 is 0 Å². The van der Waals surface area contributed by atoms with Gasteiger partial charge in [0.05, 0.1) is 5.69 Å². The smallest absolute Gasteiger partial charge is 0.260 e. The van der Waals surface area contributed by atoms with Crippen molar-refractivity contribution in [3.63, 3.8) is 0 Å². The van der Waals surface area contributed by atoms with Crippen LogP contribution in [0.4, 0.5) is 0 Å². The molecule has 0 spiro atoms. The topological polar surface area (TPSA) is 86.5 Å². The van der Waals surface area contributed by atoms with Crippen molar-refractivity contribution in [1.82, 2.24) is 10.3 Å². The molecule has 0 aromatic carbocycles. The van der Waals surface area contributed by atoms with Gasteiger partial charge in [0.1, 0.15) is 5.75 Å². The van der Waals surface area contributed by atoms with E-state index in [4.69, 9.17) is 15.2 Å². The summed E-state index contributed by atoms with van der Waals surface area (Å²) in [5.74, 6) is 0.391. The van der Waals surface area contributed by atoms with Crippen LogP contribution in [-0.2, 0) is 16.1 Å². The van der Waals surface area contributed by atoms with Gasteiger partial charge in [0.25, 0.3) is 5.91 Å². The first-order valence-electron chi connectivity index (χ1n) is 6.68. The normalized spacial score (nSPS) is 12.0. The van der Waals surface area contributed by atoms with E-state index in [9.17, 15) is 4.79 Å². The maximum atomic E-state index is 11.8. The third-order valence-corrected chi connectivity index (χ3v) is 2.76. The molecule has 0 aliphatic carbocycles. The largest absolute Gasteiger partial charge is 0.479 e. The standard InChI is InChI=1S/C14H23N3O3/c1-10-5-6-13(12(9-15)17-10)20-11(2)14(18)16-7-4-8-19-3/h5-6,11H,4,7-9,15H2,1-3H3,(H,16,18). The minimum Gasteiger partial charge on any atom is -0.479 e. The van der Waals surface area contributed by atoms with E-state index in [1.807, 2.05) is 13.0 Å². The number of pyridine rings is 1. The molecular formula is C14H23N3O3. The highest BCUT2D eigenvalue weighted by molar-refractivity contribution is 5.80. The molecule has 0 aliphatic heterocycles. The molecule has 1 rings (SSSR count). The summed E-state index contributed by atoms with van der Waals surface area (Å²) in [7, 11) is 1.63. The van der Waals surface area contributed by atoms with Crippen molar-refractivity contribution in [2.75, 3.05) is 20.3 Å². The quantitative estimate of drug-likeness (QED) is 0.687. The molecule has 112 valence electrons. The third-order valence-electron chi connectivity index (χ3n) is 2.76. The summed E-state index contributed by atoms with van der Waals surface area (Å²) >= 11 is 0. The Hall–Kier alpha value is -1.66. The Labute approximate surface area is 119 Å². The van der Waals surface area contributed by atoms with Gasteiger partial charge in [0, 0.05) is 32.5 Å². The second-order valence-electron chi connectivity index (χ2n) is 4.50. The molecule has 20 heavy (non-hydrogen) atoms. The monoisotopic (exact) mass is 281 g/mol. The molecule has 0 bridgehead atoms. The lowest BCUT2D eigenvalue weighted by Crippen LogP contribution is -2.37. The number of nitrogens with one attached hydrogen (secondary N) is 1. The van der Waals surface area contributed by atoms with Gasteiger partial charge < -0.3 is 20.5 Å². The predicted molar refractivity (Wildman–Crippen MR) is 76.5 cm³/mol. The fourth-order valence-corrected chi connectivity index (χ4v) is 1.67. The molecule has 1 aromatic rings. The van der Waals surface area contributed by atoms with Gasteiger partial charge in [-0.2, -0.15) is 0 Å². The maximum Gasteiger partial charge on any atom is 0.260 e. The summed E-state index contributed by atoms with van der Waals surface area (Å²) in [6, 6.07) is 3.62. The van der Waals surface area contributed by atoms with Crippen molar-refractivity contribution in [2.45, 2.75) is 32.9 Å². The van der Waals surface area contributed by atoms with Crippen LogP contribution in [0.5, 0.6) is 5.75 Å². The van der Waals surface area contributed by atoms with Crippen LogP contribution in [-0.4, -0.2) is 37.3 Å². The zero-order valence-electron chi connectivity index (χ0n) is 12.3. The first-order valence-corrected chi connectivity index (χ1v) is 6.68. The number of hydrogen-bond acceptors (Lipinski definition) is 5. The van der Waals surface area contributed by atoms with E-state index < -0.39 is 6.10 Å². The number of ether oxygens (including phenoxy) is 2. The van der Waals surface area contributed by atoms with E-state index in [0.717, 1.165) is 12.1 Å². The summed E-state index contributed by atoms with van der Waals surface area (Å²) in [6.45, 7) is 5.05. The Morgan fingerprint density at radius 2 is 2.25 bits per heavy atom. The molecule has 0 saturated heterocycles. The molecule has 0 fully saturated rings. The van der Waals surface area contributed by atoms with Crippen molar-refractivity contribution in [3.8, 4) is 5.75 Å². The average Bonchev–Trinajstić information content (AvgIpc) is 2.45. The first kappa shape index (κ1) is 16.4. The van der Waals surface area contributed by atoms with Crippen LogP contribution >= 0.6 is 0 Å². The van der Waals surface area contributed by atoms with Crippen molar-refractivity contribution >= 4 is 5.91 Å². The van der Waals surface area contributed by atoms with E-state index in [2.05, 4.69) is 10.3 Å². The number of aromatic nitrogens is 1. The van der Waals surface area contributed by atoms with Gasteiger partial charge in [-0.3, -0.25) is 9.78 Å². The summed E-state index contributed by atoms with van der Waals surface area (Å²) in [6.07, 6.45) is 0.182. The van der Waals surface area contributed by atoms with Crippen LogP contribution in [0.3, 0.4) is 0 Å². The Balaban J connectivity index is 2.52. The van der Waals surface area contributed by atoms with Crippen LogP contribution in [0.1, 0.15) is 24.7 Å². The van der Waals surface area contributed by atoms with Gasteiger partial charge in [-0.1, -0.05) is 0 Å². The SMILES string of the molecule is COCCCNC(=O)C(C)Oc1ccc(C)nc1CN. The van der Waals surface area contributed by atoms with E-state index in [0.29, 0.717) is 24.6 Å². The highest BCUT2D eigenvalue weighted by Gasteiger charge is 2.16. The van der Waals surface area contributed by atoms with Gasteiger partial charge >= 0.3 is 0 Å². The van der Waals surface area contributed by atoms with Crippen LogP contribution in [0.15, 0.2) is 12.1 Å². The van der Waals surface area contributed by atoms with Crippen LogP contribution < -0.4 is 15.8 Å². The number of carbonyl (C=O) groups is 1. The fourth-order valence-electron chi connectivity index (χ4n) is 1.67. The average molecular weight is 281 g/mol. The van der Waals surface area contributed by atoms with E-state index in [1.54, 1.807) is 20.1 Å². The van der Waals surface area contributed by atoms with Crippen molar-refractivity contribution in [1.29, 1.82) is 0 Å². The fraction of sp³-hybridized carbons (Fsp3) is 0.571. The molecule has 1 atom stereocenters. The number of nitrogens with two attached hydrogens (primary N) is 1. The van der Waals surface area contributed by atoms with Gasteiger partial charge in [-0.15, -0.1) is 0 Å². The molecule has 6 nitrogen and oxygen atoms in total. The number of hydrogen-bond donors (Lipinski definition) is 2. The summed E-state index contributed by atoms with van der Waals surface area (Å²) in [5, 5.41) is 2.79. The Morgan fingerprint density at radius 1 is 1.50 bits per heavy atom. The minimum atomic E-state index is -0.590. The molecule has 1 unspecified atom stereocenters. The van der Waals surface area contributed by atoms with Gasteiger partial charge in [0.2, 0.25) is 0 Å². The molecule has 6 heteroatoms. The number of nitrogens with zero attached hydrogens (tertiary/aromatic N) is 1. The lowest BCUT2D eigenvalue weighted by molar-refractivity contribution is -0.127. The molecule has 0 aliphatic rings. The van der Waals surface area contributed by atoms with Crippen molar-refractivity contribution in [2.24, 2.45) is 5.73 Å². The molecule has 0 radical (unpaired) electrons. The minimum absolute atomic E-state index is 0.162. The second kappa shape index (κ2) is 8.50. The number of rotatable bonds is 8. The third kappa shape index (κ3) is 5.14. The highest BCUT2D eigenvalue weighted by Crippen LogP contribution is 2.17. The number of aryl methyl sites for hydroxylation is 1. The zero-order valence-corrected chi connectivity index (χ0v) is 12.3. The number of methoxy groups -OCH3 is 1. The summed E-state index contributed by atoms with van der Waals surface area (Å²) in [4.78, 5) is 16.1. The molecule has 1 amide bonds. The van der Waals surface area contributed by atoms with Crippen molar-refractivity contribution in [3.05, 3.63) is 23.5 Å². The number of carbonyl (C=O) groups excluding carboxylic acids is 1. The molecule has 3 N–H and O–H groups in total. The molecule has 1 aromatic heterocycles. The Kier molecular flexibility index (Phi) is 6.97. The van der Waals surface area contributed by atoms with Crippen LogP contribution in [0, 0.1) is 6.92 Å². The second-order valence-corrected chi connectivity index (χ2v) is 4.50. The van der Waals surface area contributed by atoms with Crippen LogP contribution in [0.2, 0.25) is 0 Å². The van der Waals surface area contributed by atoms with Gasteiger partial charge in [-0.25, -0.2) is 0 Å². The summed E-state index contributed by atoms with van der Waals surface area (Å²) in [5.41, 5.74) is 7.15. The molecule has 1 heterocycles. The summed E-state index contributed by atoms with van der Waals surface area (Å²) < 4.78 is 10.5. The van der Waals surface area contributed by atoms with Crippen molar-refractivity contribution < 1.29 is 14.3 Å².